The zero-order valence-corrected chi connectivity index (χ0v) is 20.7. The van der Waals surface area contributed by atoms with Gasteiger partial charge in [-0.1, -0.05) is 58.4 Å². The average Bonchev–Trinajstić information content (AvgIpc) is 3.33. The number of rotatable bonds is 6. The molecule has 1 fully saturated rings. The summed E-state index contributed by atoms with van der Waals surface area (Å²) in [6.07, 6.45) is 3.76. The first-order chi connectivity index (χ1) is 16.9. The third kappa shape index (κ3) is 4.78. The Bertz CT molecular complexity index is 1490. The van der Waals surface area contributed by atoms with Crippen molar-refractivity contribution in [2.45, 2.75) is 13.1 Å². The maximum Gasteiger partial charge on any atom is 0.293 e. The molecule has 0 aliphatic carbocycles. The number of carbonyl (C=O) groups excluding carboxylic acids is 2. The number of halogens is 1. The molecule has 3 aromatic carbocycles. The van der Waals surface area contributed by atoms with Gasteiger partial charge in [-0.2, -0.15) is 0 Å². The minimum Gasteiger partial charge on any atom is -0.342 e. The quantitative estimate of drug-likeness (QED) is 0.154. The number of hydrogen-bond donors (Lipinski definition) is 0. The van der Waals surface area contributed by atoms with E-state index in [1.54, 1.807) is 18.2 Å². The van der Waals surface area contributed by atoms with Gasteiger partial charge < -0.3 is 4.57 Å². The molecule has 0 bridgehead atoms. The molecule has 4 aromatic rings. The van der Waals surface area contributed by atoms with Gasteiger partial charge in [0.25, 0.3) is 16.8 Å². The zero-order chi connectivity index (χ0) is 24.5. The summed E-state index contributed by atoms with van der Waals surface area (Å²) in [6, 6.07) is 21.9. The second-order valence-corrected chi connectivity index (χ2v) is 9.96. The van der Waals surface area contributed by atoms with Gasteiger partial charge in [0.15, 0.2) is 0 Å². The van der Waals surface area contributed by atoms with E-state index < -0.39 is 4.92 Å². The van der Waals surface area contributed by atoms with E-state index in [1.807, 2.05) is 42.6 Å². The molecule has 5 rings (SSSR count). The number of amides is 2. The highest BCUT2D eigenvalue weighted by Crippen LogP contribution is 2.35. The van der Waals surface area contributed by atoms with Gasteiger partial charge in [-0.05, 0) is 47.2 Å². The third-order valence-electron chi connectivity index (χ3n) is 5.73. The summed E-state index contributed by atoms with van der Waals surface area (Å²) in [7, 11) is 0. The molecule has 1 aromatic heterocycles. The summed E-state index contributed by atoms with van der Waals surface area (Å²) in [5.74, 6) is -0.372. The molecule has 2 amide bonds. The maximum atomic E-state index is 13.1. The molecule has 0 unspecified atom stereocenters. The van der Waals surface area contributed by atoms with Crippen LogP contribution in [0.4, 0.5) is 10.5 Å². The number of non-ortho nitro benzene ring substituents is 1. The van der Waals surface area contributed by atoms with Gasteiger partial charge in [-0.3, -0.25) is 24.6 Å². The number of nitrogens with zero attached hydrogens (tertiary/aromatic N) is 3. The number of nitro benzene ring substituents is 1. The molecule has 1 aliphatic heterocycles. The first-order valence-corrected chi connectivity index (χ1v) is 12.3. The van der Waals surface area contributed by atoms with Crippen molar-refractivity contribution in [2.24, 2.45) is 0 Å². The van der Waals surface area contributed by atoms with Crippen LogP contribution >= 0.6 is 27.7 Å². The van der Waals surface area contributed by atoms with Gasteiger partial charge in [-0.25, -0.2) is 0 Å². The van der Waals surface area contributed by atoms with Gasteiger partial charge in [0.1, 0.15) is 0 Å². The van der Waals surface area contributed by atoms with Crippen LogP contribution < -0.4 is 0 Å². The average molecular weight is 548 g/mol. The first-order valence-electron chi connectivity index (χ1n) is 10.7. The molecule has 35 heavy (non-hydrogen) atoms. The predicted molar refractivity (Wildman–Crippen MR) is 140 cm³/mol. The molecular weight excluding hydrogens is 530 g/mol. The number of thioether (sulfide) groups is 1. The van der Waals surface area contributed by atoms with Crippen molar-refractivity contribution in [3.05, 3.63) is 115 Å². The molecular formula is C26H18BrN3O4S. The van der Waals surface area contributed by atoms with Crippen molar-refractivity contribution < 1.29 is 14.5 Å². The maximum absolute atomic E-state index is 13.1. The van der Waals surface area contributed by atoms with Crippen molar-refractivity contribution in [1.29, 1.82) is 0 Å². The molecule has 2 heterocycles. The molecule has 0 radical (unpaired) electrons. The van der Waals surface area contributed by atoms with Crippen LogP contribution in [0.15, 0.2) is 88.4 Å². The van der Waals surface area contributed by atoms with E-state index in [0.29, 0.717) is 17.0 Å². The number of nitro groups is 1. The standard InChI is InChI=1S/C26H18BrN3O4S/c27-20-9-5-17(6-10-20)14-28-16-19(22-3-1-2-4-23(22)28)13-24-25(31)29(26(32)35-24)15-18-7-11-21(12-8-18)30(33)34/h1-13,16H,14-15H2/b24-13-. The van der Waals surface area contributed by atoms with E-state index in [0.717, 1.165) is 38.3 Å². The lowest BCUT2D eigenvalue weighted by Gasteiger charge is -2.12. The summed E-state index contributed by atoms with van der Waals surface area (Å²) in [5, 5.41) is 11.5. The van der Waals surface area contributed by atoms with Crippen molar-refractivity contribution in [3.63, 3.8) is 0 Å². The van der Waals surface area contributed by atoms with E-state index in [-0.39, 0.29) is 23.4 Å². The fourth-order valence-electron chi connectivity index (χ4n) is 3.99. The predicted octanol–water partition coefficient (Wildman–Crippen LogP) is 6.60. The number of imide groups is 1. The number of hydrogen-bond acceptors (Lipinski definition) is 5. The van der Waals surface area contributed by atoms with Gasteiger partial charge in [0, 0.05) is 45.8 Å². The lowest BCUT2D eigenvalue weighted by molar-refractivity contribution is -0.384. The van der Waals surface area contributed by atoms with Crippen LogP contribution in [0, 0.1) is 10.1 Å². The Kier molecular flexibility index (Phi) is 6.27. The van der Waals surface area contributed by atoms with E-state index in [9.17, 15) is 19.7 Å². The summed E-state index contributed by atoms with van der Waals surface area (Å²) in [6.45, 7) is 0.731. The van der Waals surface area contributed by atoms with Crippen LogP contribution in [0.1, 0.15) is 16.7 Å². The highest BCUT2D eigenvalue weighted by atomic mass is 79.9. The van der Waals surface area contributed by atoms with E-state index in [1.165, 1.54) is 17.0 Å². The van der Waals surface area contributed by atoms with Crippen LogP contribution in [0.2, 0.25) is 0 Å². The van der Waals surface area contributed by atoms with Gasteiger partial charge >= 0.3 is 0 Å². The van der Waals surface area contributed by atoms with Crippen LogP contribution in [-0.2, 0) is 17.9 Å². The lowest BCUT2D eigenvalue weighted by atomic mass is 10.1. The van der Waals surface area contributed by atoms with Crippen LogP contribution in [0.3, 0.4) is 0 Å². The summed E-state index contributed by atoms with van der Waals surface area (Å²) < 4.78 is 3.15. The number of para-hydroxylation sites is 1. The minimum atomic E-state index is -0.486. The first kappa shape index (κ1) is 23.1. The van der Waals surface area contributed by atoms with Gasteiger partial charge in [0.05, 0.1) is 16.4 Å². The Morgan fingerprint density at radius 1 is 0.914 bits per heavy atom. The second kappa shape index (κ2) is 9.52. The number of aromatic nitrogens is 1. The molecule has 9 heteroatoms. The molecule has 174 valence electrons. The Hall–Kier alpha value is -3.69. The SMILES string of the molecule is O=C1S/C(=C\c2cn(Cc3ccc(Br)cc3)c3ccccc23)C(=O)N1Cc1ccc([N+](=O)[O-])cc1. The Morgan fingerprint density at radius 2 is 1.57 bits per heavy atom. The van der Waals surface area contributed by atoms with Crippen molar-refractivity contribution in [1.82, 2.24) is 9.47 Å². The topological polar surface area (TPSA) is 85.5 Å². The second-order valence-electron chi connectivity index (χ2n) is 8.05. The fourth-order valence-corrected chi connectivity index (χ4v) is 5.08. The highest BCUT2D eigenvalue weighted by molar-refractivity contribution is 9.10. The number of benzene rings is 3. The van der Waals surface area contributed by atoms with Crippen molar-refractivity contribution >= 4 is 61.5 Å². The van der Waals surface area contributed by atoms with Crippen molar-refractivity contribution in [2.75, 3.05) is 0 Å². The van der Waals surface area contributed by atoms with Crippen LogP contribution in [0.25, 0.3) is 17.0 Å². The molecule has 1 saturated heterocycles. The third-order valence-corrected chi connectivity index (χ3v) is 7.17. The normalized spacial score (nSPS) is 14.9. The molecule has 7 nitrogen and oxygen atoms in total. The molecule has 1 aliphatic rings. The number of fused-ring (bicyclic) bond motifs is 1. The largest absolute Gasteiger partial charge is 0.342 e. The number of carbonyl (C=O) groups is 2. The monoisotopic (exact) mass is 547 g/mol. The van der Waals surface area contributed by atoms with Crippen LogP contribution in [-0.4, -0.2) is 25.5 Å². The molecule has 0 spiro atoms. The molecule has 0 saturated carbocycles. The highest BCUT2D eigenvalue weighted by Gasteiger charge is 2.35. The van der Waals surface area contributed by atoms with Gasteiger partial charge in [-0.15, -0.1) is 0 Å². The van der Waals surface area contributed by atoms with Crippen LogP contribution in [0.5, 0.6) is 0 Å². The van der Waals surface area contributed by atoms with E-state index in [4.69, 9.17) is 0 Å². The Morgan fingerprint density at radius 3 is 2.29 bits per heavy atom. The Balaban J connectivity index is 1.42. The van der Waals surface area contributed by atoms with Gasteiger partial charge in [0.2, 0.25) is 0 Å². The summed E-state index contributed by atoms with van der Waals surface area (Å²) in [5.41, 5.74) is 3.64. The van der Waals surface area contributed by atoms with E-state index >= 15 is 0 Å². The summed E-state index contributed by atoms with van der Waals surface area (Å²) >= 11 is 4.36. The minimum absolute atomic E-state index is 0.0395. The van der Waals surface area contributed by atoms with E-state index in [2.05, 4.69) is 32.6 Å². The lowest BCUT2D eigenvalue weighted by Crippen LogP contribution is -2.27. The van der Waals surface area contributed by atoms with Crippen molar-refractivity contribution in [3.8, 4) is 0 Å². The Labute approximate surface area is 213 Å². The molecule has 0 N–H and O–H groups in total. The fraction of sp³-hybridized carbons (Fsp3) is 0.0769. The zero-order valence-electron chi connectivity index (χ0n) is 18.3. The molecule has 0 atom stereocenters. The summed E-state index contributed by atoms with van der Waals surface area (Å²) in [4.78, 5) is 37.6. The smallest absolute Gasteiger partial charge is 0.293 e.